The molecule has 0 atom stereocenters. The van der Waals surface area contributed by atoms with Crippen LogP contribution in [-0.4, -0.2) is 36.1 Å². The number of nitrogens with zero attached hydrogens (tertiary/aromatic N) is 1. The molecule has 0 bridgehead atoms. The highest BCUT2D eigenvalue weighted by atomic mass is 19.3. The molecule has 0 radical (unpaired) electrons. The number of carbonyl (C=O) groups excluding carboxylic acids is 1. The number of carbonyl (C=O) groups is 1. The van der Waals surface area contributed by atoms with E-state index in [4.69, 9.17) is 4.74 Å². The van der Waals surface area contributed by atoms with Gasteiger partial charge in [0.05, 0.1) is 6.10 Å². The second-order valence-corrected chi connectivity index (χ2v) is 3.78. The zero-order valence-corrected chi connectivity index (χ0v) is 8.43. The average Bonchev–Trinajstić information content (AvgIpc) is 2.02. The molecule has 0 unspecified atom stereocenters. The largest absolute Gasteiger partial charge is 0.447 e. The molecular formula is C9H15F2NO2. The second-order valence-electron chi connectivity index (χ2n) is 3.78. The zero-order chi connectivity index (χ0) is 10.8. The van der Waals surface area contributed by atoms with Gasteiger partial charge in [0.1, 0.15) is 0 Å². The summed E-state index contributed by atoms with van der Waals surface area (Å²) < 4.78 is 30.3. The molecule has 0 aromatic rings. The molecule has 0 aromatic heterocycles. The number of likely N-dealkylation sites (tertiary alicyclic amines) is 1. The van der Waals surface area contributed by atoms with Crippen LogP contribution in [0.3, 0.4) is 0 Å². The molecule has 82 valence electrons. The van der Waals surface area contributed by atoms with Gasteiger partial charge >= 0.3 is 6.09 Å². The van der Waals surface area contributed by atoms with Crippen LogP contribution >= 0.6 is 0 Å². The van der Waals surface area contributed by atoms with E-state index in [1.54, 1.807) is 13.8 Å². The summed E-state index contributed by atoms with van der Waals surface area (Å²) in [5.74, 6) is -2.62. The number of hydrogen-bond acceptors (Lipinski definition) is 2. The van der Waals surface area contributed by atoms with Crippen LogP contribution in [0.5, 0.6) is 0 Å². The van der Waals surface area contributed by atoms with E-state index in [-0.39, 0.29) is 32.0 Å². The van der Waals surface area contributed by atoms with Gasteiger partial charge in [0, 0.05) is 25.9 Å². The molecule has 0 N–H and O–H groups in total. The fourth-order valence-electron chi connectivity index (χ4n) is 1.29. The Bertz CT molecular complexity index is 209. The maximum absolute atomic E-state index is 12.7. The van der Waals surface area contributed by atoms with Crippen LogP contribution in [0, 0.1) is 0 Å². The fourth-order valence-corrected chi connectivity index (χ4v) is 1.29. The summed E-state index contributed by atoms with van der Waals surface area (Å²) in [6.07, 6.45) is -1.22. The van der Waals surface area contributed by atoms with Gasteiger partial charge in [-0.1, -0.05) is 0 Å². The molecule has 14 heavy (non-hydrogen) atoms. The molecule has 1 heterocycles. The summed E-state index contributed by atoms with van der Waals surface area (Å²) >= 11 is 0. The average molecular weight is 207 g/mol. The lowest BCUT2D eigenvalue weighted by atomic mass is 10.1. The van der Waals surface area contributed by atoms with Crippen LogP contribution in [0.2, 0.25) is 0 Å². The first-order chi connectivity index (χ1) is 6.41. The van der Waals surface area contributed by atoms with Crippen LogP contribution in [0.25, 0.3) is 0 Å². The van der Waals surface area contributed by atoms with E-state index < -0.39 is 12.0 Å². The number of piperidine rings is 1. The molecule has 0 aromatic carbocycles. The Morgan fingerprint density at radius 2 is 1.86 bits per heavy atom. The number of hydrogen-bond donors (Lipinski definition) is 0. The van der Waals surface area contributed by atoms with Gasteiger partial charge in [-0.25, -0.2) is 13.6 Å². The number of amides is 1. The smallest absolute Gasteiger partial charge is 0.410 e. The summed E-state index contributed by atoms with van der Waals surface area (Å²) in [5.41, 5.74) is 0. The van der Waals surface area contributed by atoms with Crippen molar-refractivity contribution in [2.75, 3.05) is 13.1 Å². The standard InChI is InChI=1S/C9H15F2NO2/c1-7(2)14-8(13)12-5-3-9(10,11)4-6-12/h7H,3-6H2,1-2H3. The van der Waals surface area contributed by atoms with Crippen LogP contribution < -0.4 is 0 Å². The van der Waals surface area contributed by atoms with Gasteiger partial charge < -0.3 is 9.64 Å². The van der Waals surface area contributed by atoms with E-state index in [0.717, 1.165) is 0 Å². The van der Waals surface area contributed by atoms with Gasteiger partial charge in [-0.2, -0.15) is 0 Å². The Balaban J connectivity index is 2.38. The topological polar surface area (TPSA) is 29.5 Å². The van der Waals surface area contributed by atoms with E-state index in [1.165, 1.54) is 4.90 Å². The summed E-state index contributed by atoms with van der Waals surface area (Å²) in [6.45, 7) is 3.63. The summed E-state index contributed by atoms with van der Waals surface area (Å²) in [4.78, 5) is 12.6. The van der Waals surface area contributed by atoms with Crippen LogP contribution in [0.1, 0.15) is 26.7 Å². The zero-order valence-electron chi connectivity index (χ0n) is 8.43. The summed E-state index contributed by atoms with van der Waals surface area (Å²) in [7, 11) is 0. The minimum atomic E-state index is -2.62. The third kappa shape index (κ3) is 3.12. The molecule has 1 fully saturated rings. The van der Waals surface area contributed by atoms with Gasteiger partial charge in [0.25, 0.3) is 5.92 Å². The second kappa shape index (κ2) is 4.11. The lowest BCUT2D eigenvalue weighted by Gasteiger charge is -2.31. The molecule has 1 rings (SSSR count). The third-order valence-electron chi connectivity index (χ3n) is 2.09. The molecule has 0 spiro atoms. The highest BCUT2D eigenvalue weighted by molar-refractivity contribution is 5.67. The quantitative estimate of drug-likeness (QED) is 0.660. The third-order valence-corrected chi connectivity index (χ3v) is 2.09. The Labute approximate surface area is 82.0 Å². The van der Waals surface area contributed by atoms with Crippen LogP contribution in [-0.2, 0) is 4.74 Å². The maximum atomic E-state index is 12.7. The minimum absolute atomic E-state index is 0.0819. The molecule has 1 saturated heterocycles. The SMILES string of the molecule is CC(C)OC(=O)N1CCC(F)(F)CC1. The first-order valence-electron chi connectivity index (χ1n) is 4.74. The summed E-state index contributed by atoms with van der Waals surface area (Å²) in [6, 6.07) is 0. The van der Waals surface area contributed by atoms with Gasteiger partial charge in [0.15, 0.2) is 0 Å². The first-order valence-corrected chi connectivity index (χ1v) is 4.74. The first kappa shape index (κ1) is 11.2. The molecule has 0 saturated carbocycles. The Morgan fingerprint density at radius 1 is 1.36 bits per heavy atom. The molecular weight excluding hydrogens is 192 g/mol. The number of rotatable bonds is 1. The van der Waals surface area contributed by atoms with Crippen molar-refractivity contribution in [3.8, 4) is 0 Å². The maximum Gasteiger partial charge on any atom is 0.410 e. The van der Waals surface area contributed by atoms with E-state index >= 15 is 0 Å². The number of alkyl halides is 2. The van der Waals surface area contributed by atoms with Crippen molar-refractivity contribution in [2.24, 2.45) is 0 Å². The van der Waals surface area contributed by atoms with Crippen LogP contribution in [0.4, 0.5) is 13.6 Å². The monoisotopic (exact) mass is 207 g/mol. The van der Waals surface area contributed by atoms with Crippen molar-refractivity contribution >= 4 is 6.09 Å². The van der Waals surface area contributed by atoms with Crippen molar-refractivity contribution in [3.05, 3.63) is 0 Å². The number of halogens is 2. The summed E-state index contributed by atoms with van der Waals surface area (Å²) in [5, 5.41) is 0. The minimum Gasteiger partial charge on any atom is -0.447 e. The fraction of sp³-hybridized carbons (Fsp3) is 0.889. The van der Waals surface area contributed by atoms with Gasteiger partial charge in [-0.3, -0.25) is 0 Å². The van der Waals surface area contributed by atoms with E-state index in [9.17, 15) is 13.6 Å². The van der Waals surface area contributed by atoms with Gasteiger partial charge in [0.2, 0.25) is 0 Å². The van der Waals surface area contributed by atoms with E-state index in [0.29, 0.717) is 0 Å². The lowest BCUT2D eigenvalue weighted by Crippen LogP contribution is -2.43. The molecule has 5 heteroatoms. The molecule has 1 amide bonds. The Hall–Kier alpha value is -0.870. The number of ether oxygens (including phenoxy) is 1. The molecule has 0 aliphatic carbocycles. The Kier molecular flexibility index (Phi) is 3.29. The van der Waals surface area contributed by atoms with E-state index in [2.05, 4.69) is 0 Å². The van der Waals surface area contributed by atoms with Crippen molar-refractivity contribution in [2.45, 2.75) is 38.7 Å². The van der Waals surface area contributed by atoms with Crippen molar-refractivity contribution in [1.82, 2.24) is 4.90 Å². The molecule has 1 aliphatic rings. The normalized spacial score (nSPS) is 21.1. The Morgan fingerprint density at radius 3 is 2.29 bits per heavy atom. The lowest BCUT2D eigenvalue weighted by molar-refractivity contribution is -0.0541. The van der Waals surface area contributed by atoms with Crippen molar-refractivity contribution in [1.29, 1.82) is 0 Å². The molecule has 1 aliphatic heterocycles. The van der Waals surface area contributed by atoms with Gasteiger partial charge in [-0.05, 0) is 13.8 Å². The van der Waals surface area contributed by atoms with Gasteiger partial charge in [-0.15, -0.1) is 0 Å². The molecule has 3 nitrogen and oxygen atoms in total. The predicted molar refractivity (Wildman–Crippen MR) is 47.4 cm³/mol. The highest BCUT2D eigenvalue weighted by Gasteiger charge is 2.36. The van der Waals surface area contributed by atoms with Crippen molar-refractivity contribution in [3.63, 3.8) is 0 Å². The van der Waals surface area contributed by atoms with E-state index in [1.807, 2.05) is 0 Å². The van der Waals surface area contributed by atoms with Crippen molar-refractivity contribution < 1.29 is 18.3 Å². The highest BCUT2D eigenvalue weighted by Crippen LogP contribution is 2.27. The predicted octanol–water partition coefficient (Wildman–Crippen LogP) is 2.26. The van der Waals surface area contributed by atoms with Crippen LogP contribution in [0.15, 0.2) is 0 Å².